The molecule has 1 unspecified atom stereocenters. The third kappa shape index (κ3) is 3.26. The van der Waals surface area contributed by atoms with Crippen molar-refractivity contribution in [3.63, 3.8) is 0 Å². The number of allylic oxidation sites excluding steroid dienone is 2. The number of carbonyl (C=O) groups excluding carboxylic acids is 2. The van der Waals surface area contributed by atoms with E-state index < -0.39 is 5.97 Å². The molecular weight excluding hydrogens is 294 g/mol. The second kappa shape index (κ2) is 6.64. The van der Waals surface area contributed by atoms with Crippen LogP contribution in [0, 0.1) is 5.92 Å². The van der Waals surface area contributed by atoms with E-state index in [1.165, 1.54) is 6.20 Å². The first-order chi connectivity index (χ1) is 11.2. The van der Waals surface area contributed by atoms with Gasteiger partial charge in [0.1, 0.15) is 5.56 Å². The molecule has 1 atom stereocenters. The molecule has 2 aromatic rings. The maximum atomic E-state index is 12.3. The standard InChI is InChI=1S/C17H19N3O3/c1-2-23-17(22)14-11-18-20-9-8-13(10-15(14)20)19-16(21)12-6-4-3-5-7-12/h3-4,8-12H,2,5-7H2,1H3,(H,19,21). The Morgan fingerprint density at radius 2 is 2.30 bits per heavy atom. The van der Waals surface area contributed by atoms with Crippen LogP contribution in [-0.4, -0.2) is 28.1 Å². The smallest absolute Gasteiger partial charge is 0.341 e. The van der Waals surface area contributed by atoms with Crippen molar-refractivity contribution >= 4 is 23.1 Å². The number of hydrogen-bond acceptors (Lipinski definition) is 4. The number of nitrogens with zero attached hydrogens (tertiary/aromatic N) is 2. The van der Waals surface area contributed by atoms with Crippen LogP contribution in [0.15, 0.2) is 36.7 Å². The molecule has 0 saturated heterocycles. The number of fused-ring (bicyclic) bond motifs is 1. The predicted octanol–water partition coefficient (Wildman–Crippen LogP) is 2.81. The first kappa shape index (κ1) is 15.3. The number of rotatable bonds is 4. The number of pyridine rings is 1. The summed E-state index contributed by atoms with van der Waals surface area (Å²) in [5, 5.41) is 7.05. The van der Waals surface area contributed by atoms with E-state index >= 15 is 0 Å². The van der Waals surface area contributed by atoms with Crippen molar-refractivity contribution in [1.82, 2.24) is 9.61 Å². The van der Waals surface area contributed by atoms with Gasteiger partial charge in [-0.3, -0.25) is 4.79 Å². The summed E-state index contributed by atoms with van der Waals surface area (Å²) >= 11 is 0. The van der Waals surface area contributed by atoms with Crippen molar-refractivity contribution in [3.8, 4) is 0 Å². The summed E-state index contributed by atoms with van der Waals surface area (Å²) in [6, 6.07) is 3.52. The molecule has 0 aromatic carbocycles. The van der Waals surface area contributed by atoms with E-state index in [0.717, 1.165) is 19.3 Å². The number of amides is 1. The number of hydrogen-bond donors (Lipinski definition) is 1. The number of nitrogens with one attached hydrogen (secondary N) is 1. The third-order valence-electron chi connectivity index (χ3n) is 3.92. The van der Waals surface area contributed by atoms with Gasteiger partial charge in [0.15, 0.2) is 0 Å². The molecule has 1 aliphatic carbocycles. The van der Waals surface area contributed by atoms with Crippen LogP contribution >= 0.6 is 0 Å². The predicted molar refractivity (Wildman–Crippen MR) is 86.3 cm³/mol. The maximum Gasteiger partial charge on any atom is 0.341 e. The summed E-state index contributed by atoms with van der Waals surface area (Å²) in [7, 11) is 0. The SMILES string of the molecule is CCOC(=O)c1cnn2ccc(NC(=O)C3CC=CCC3)cc12. The van der Waals surface area contributed by atoms with Crippen LogP contribution in [0.3, 0.4) is 0 Å². The summed E-state index contributed by atoms with van der Waals surface area (Å²) in [4.78, 5) is 24.2. The molecule has 6 nitrogen and oxygen atoms in total. The van der Waals surface area contributed by atoms with Crippen LogP contribution in [-0.2, 0) is 9.53 Å². The van der Waals surface area contributed by atoms with Crippen LogP contribution in [0.25, 0.3) is 5.52 Å². The molecule has 2 heterocycles. The van der Waals surface area contributed by atoms with Gasteiger partial charge in [-0.05, 0) is 38.3 Å². The zero-order chi connectivity index (χ0) is 16.2. The molecule has 0 spiro atoms. The van der Waals surface area contributed by atoms with Crippen molar-refractivity contribution < 1.29 is 14.3 Å². The minimum Gasteiger partial charge on any atom is -0.462 e. The fourth-order valence-corrected chi connectivity index (χ4v) is 2.70. The number of aromatic nitrogens is 2. The van der Waals surface area contributed by atoms with Crippen LogP contribution < -0.4 is 5.32 Å². The van der Waals surface area contributed by atoms with E-state index in [-0.39, 0.29) is 11.8 Å². The van der Waals surface area contributed by atoms with Crippen LogP contribution in [0.5, 0.6) is 0 Å². The quantitative estimate of drug-likeness (QED) is 0.696. The highest BCUT2D eigenvalue weighted by atomic mass is 16.5. The van der Waals surface area contributed by atoms with E-state index in [9.17, 15) is 9.59 Å². The third-order valence-corrected chi connectivity index (χ3v) is 3.92. The number of ether oxygens (including phenoxy) is 1. The summed E-state index contributed by atoms with van der Waals surface area (Å²) in [5.74, 6) is -0.398. The maximum absolute atomic E-state index is 12.3. The Kier molecular flexibility index (Phi) is 4.41. The Morgan fingerprint density at radius 1 is 1.43 bits per heavy atom. The minimum absolute atomic E-state index is 0.00524. The molecule has 0 fully saturated rings. The molecule has 0 saturated carbocycles. The summed E-state index contributed by atoms with van der Waals surface area (Å²) < 4.78 is 6.61. The van der Waals surface area contributed by atoms with Crippen LogP contribution in [0.1, 0.15) is 36.5 Å². The normalized spacial score (nSPS) is 17.2. The Bertz CT molecular complexity index is 764. The lowest BCUT2D eigenvalue weighted by atomic mass is 9.93. The van der Waals surface area contributed by atoms with E-state index in [4.69, 9.17) is 4.74 Å². The molecule has 6 heteroatoms. The van der Waals surface area contributed by atoms with E-state index in [2.05, 4.69) is 16.5 Å². The zero-order valence-electron chi connectivity index (χ0n) is 13.0. The van der Waals surface area contributed by atoms with E-state index in [1.54, 1.807) is 29.8 Å². The molecule has 1 amide bonds. The summed E-state index contributed by atoms with van der Waals surface area (Å²) in [6.45, 7) is 2.07. The first-order valence-corrected chi connectivity index (χ1v) is 7.79. The molecule has 1 aliphatic rings. The average molecular weight is 313 g/mol. The Labute approximate surface area is 134 Å². The fraction of sp³-hybridized carbons (Fsp3) is 0.353. The lowest BCUT2D eigenvalue weighted by molar-refractivity contribution is -0.120. The van der Waals surface area contributed by atoms with Gasteiger partial charge in [0, 0.05) is 17.8 Å². The fourth-order valence-electron chi connectivity index (χ4n) is 2.70. The van der Waals surface area contributed by atoms with Gasteiger partial charge < -0.3 is 10.1 Å². The molecule has 23 heavy (non-hydrogen) atoms. The second-order valence-electron chi connectivity index (χ2n) is 5.49. The number of carbonyl (C=O) groups is 2. The number of anilines is 1. The van der Waals surface area contributed by atoms with Gasteiger partial charge in [-0.25, -0.2) is 9.31 Å². The van der Waals surface area contributed by atoms with E-state index in [0.29, 0.717) is 23.4 Å². The topological polar surface area (TPSA) is 72.7 Å². The molecule has 0 radical (unpaired) electrons. The van der Waals surface area contributed by atoms with Gasteiger partial charge in [-0.1, -0.05) is 12.2 Å². The molecule has 0 aliphatic heterocycles. The second-order valence-corrected chi connectivity index (χ2v) is 5.49. The summed E-state index contributed by atoms with van der Waals surface area (Å²) in [6.07, 6.45) is 9.92. The highest BCUT2D eigenvalue weighted by Gasteiger charge is 2.19. The average Bonchev–Trinajstić information content (AvgIpc) is 2.99. The van der Waals surface area contributed by atoms with Gasteiger partial charge in [-0.2, -0.15) is 5.10 Å². The largest absolute Gasteiger partial charge is 0.462 e. The van der Waals surface area contributed by atoms with Crippen LogP contribution in [0.4, 0.5) is 5.69 Å². The highest BCUT2D eigenvalue weighted by molar-refractivity contribution is 5.98. The summed E-state index contributed by atoms with van der Waals surface area (Å²) in [5.41, 5.74) is 1.66. The Morgan fingerprint density at radius 3 is 3.04 bits per heavy atom. The lowest BCUT2D eigenvalue weighted by Crippen LogP contribution is -2.23. The molecular formula is C17H19N3O3. The molecule has 2 aromatic heterocycles. The van der Waals surface area contributed by atoms with E-state index in [1.807, 2.05) is 6.08 Å². The van der Waals surface area contributed by atoms with Gasteiger partial charge in [0.25, 0.3) is 0 Å². The van der Waals surface area contributed by atoms with Gasteiger partial charge in [-0.15, -0.1) is 0 Å². The molecule has 3 rings (SSSR count). The highest BCUT2D eigenvalue weighted by Crippen LogP contribution is 2.22. The van der Waals surface area contributed by atoms with Crippen LogP contribution in [0.2, 0.25) is 0 Å². The van der Waals surface area contributed by atoms with Gasteiger partial charge in [0.05, 0.1) is 18.3 Å². The first-order valence-electron chi connectivity index (χ1n) is 7.79. The van der Waals surface area contributed by atoms with Gasteiger partial charge in [0.2, 0.25) is 5.91 Å². The zero-order valence-corrected chi connectivity index (χ0v) is 13.0. The van der Waals surface area contributed by atoms with Crippen molar-refractivity contribution in [1.29, 1.82) is 0 Å². The monoisotopic (exact) mass is 313 g/mol. The van der Waals surface area contributed by atoms with Crippen molar-refractivity contribution in [2.45, 2.75) is 26.2 Å². The van der Waals surface area contributed by atoms with Gasteiger partial charge >= 0.3 is 5.97 Å². The molecule has 0 bridgehead atoms. The molecule has 120 valence electrons. The van der Waals surface area contributed by atoms with Crippen molar-refractivity contribution in [2.24, 2.45) is 5.92 Å². The minimum atomic E-state index is -0.414. The Balaban J connectivity index is 1.81. The number of esters is 1. The van der Waals surface area contributed by atoms with Crippen molar-refractivity contribution in [3.05, 3.63) is 42.2 Å². The Hall–Kier alpha value is -2.63. The van der Waals surface area contributed by atoms with Crippen molar-refractivity contribution in [2.75, 3.05) is 11.9 Å². The lowest BCUT2D eigenvalue weighted by Gasteiger charge is -2.17. The molecule has 1 N–H and O–H groups in total.